The third kappa shape index (κ3) is 22.0. The monoisotopic (exact) mass is 388 g/mol. The van der Waals surface area contributed by atoms with Crippen molar-refractivity contribution in [3.05, 3.63) is 12.2 Å². The average molecular weight is 389 g/mol. The third-order valence-electron chi connectivity index (χ3n) is 3.81. The summed E-state index contributed by atoms with van der Waals surface area (Å²) in [5, 5.41) is 21.1. The van der Waals surface area contributed by atoms with E-state index in [0.29, 0.717) is 0 Å². The van der Waals surface area contributed by atoms with Gasteiger partial charge in [-0.3, -0.25) is 0 Å². The van der Waals surface area contributed by atoms with Gasteiger partial charge in [0.05, 0.1) is 0 Å². The molecule has 0 rings (SSSR count). The van der Waals surface area contributed by atoms with Crippen molar-refractivity contribution in [2.24, 2.45) is 5.92 Å². The molecule has 0 aliphatic rings. The van der Waals surface area contributed by atoms with Gasteiger partial charge in [-0.15, -0.1) is 0 Å². The van der Waals surface area contributed by atoms with Crippen LogP contribution in [0.25, 0.3) is 0 Å². The number of hydrogen-bond acceptors (Lipinski definition) is 4. The van der Waals surface area contributed by atoms with Crippen molar-refractivity contribution in [1.29, 1.82) is 0 Å². The Morgan fingerprint density at radius 3 is 1.79 bits per heavy atom. The quantitative estimate of drug-likeness (QED) is 0.165. The van der Waals surface area contributed by atoms with E-state index in [-0.39, 0.29) is 109 Å². The molecule has 128 valence electrons. The summed E-state index contributed by atoms with van der Waals surface area (Å²) >= 11 is 0. The van der Waals surface area contributed by atoms with E-state index in [0.717, 1.165) is 12.8 Å². The summed E-state index contributed by atoms with van der Waals surface area (Å²) in [6.45, 7) is 2.22. The van der Waals surface area contributed by atoms with E-state index in [9.17, 15) is 19.8 Å². The third-order valence-corrected chi connectivity index (χ3v) is 3.81. The minimum absolute atomic E-state index is 0. The van der Waals surface area contributed by atoms with Gasteiger partial charge in [-0.2, -0.15) is 0 Å². The maximum Gasteiger partial charge on any atom is 1.00 e. The van der Waals surface area contributed by atoms with Crippen LogP contribution < -0.4 is 113 Å². The number of carbonyl (C=O) groups is 2. The Bertz CT molecular complexity index is 333. The van der Waals surface area contributed by atoms with Gasteiger partial charge in [0.1, 0.15) is 0 Å². The van der Waals surface area contributed by atoms with Crippen molar-refractivity contribution < 1.29 is 123 Å². The normalized spacial score (nSPS) is 11.5. The molecule has 0 bridgehead atoms. The van der Waals surface area contributed by atoms with Gasteiger partial charge in [0.15, 0.2) is 0 Å². The van der Waals surface area contributed by atoms with Crippen LogP contribution in [-0.2, 0) is 9.59 Å². The summed E-state index contributed by atoms with van der Waals surface area (Å²) in [5.41, 5.74) is 0. The van der Waals surface area contributed by atoms with Crippen LogP contribution in [-0.4, -0.2) is 11.9 Å². The summed E-state index contributed by atoms with van der Waals surface area (Å²) in [6, 6.07) is 0. The molecule has 0 aromatic carbocycles. The fourth-order valence-electron chi connectivity index (χ4n) is 2.42. The first-order chi connectivity index (χ1) is 10.6. The second-order valence-corrected chi connectivity index (χ2v) is 5.92. The first kappa shape index (κ1) is 30.7. The van der Waals surface area contributed by atoms with E-state index in [1.165, 1.54) is 51.4 Å². The summed E-state index contributed by atoms with van der Waals surface area (Å²) < 4.78 is 0. The summed E-state index contributed by atoms with van der Waals surface area (Å²) in [7, 11) is 0. The van der Waals surface area contributed by atoms with Crippen LogP contribution >= 0.6 is 0 Å². The number of carboxylic acid groups (broad SMARTS) is 2. The van der Waals surface area contributed by atoms with Gasteiger partial charge in [-0.1, -0.05) is 70.4 Å². The molecule has 0 radical (unpaired) electrons. The molecule has 0 aliphatic carbocycles. The fourth-order valence-corrected chi connectivity index (χ4v) is 2.42. The molecule has 0 fully saturated rings. The minimum Gasteiger partial charge on any atom is -0.550 e. The molecular weight excluding hydrogens is 358 g/mol. The van der Waals surface area contributed by atoms with Gasteiger partial charge in [-0.25, -0.2) is 0 Å². The molecular formula is C18H30K2O4. The maximum absolute atomic E-state index is 10.7. The predicted octanol–water partition coefficient (Wildman–Crippen LogP) is -3.63. The van der Waals surface area contributed by atoms with E-state index < -0.39 is 24.3 Å². The molecule has 0 heterocycles. The molecule has 4 nitrogen and oxygen atoms in total. The number of allylic oxidation sites excluding steroid dienone is 2. The Balaban J connectivity index is -0.00000220. The number of carbonyl (C=O) groups excluding carboxylic acids is 2. The molecule has 0 saturated heterocycles. The van der Waals surface area contributed by atoms with Gasteiger partial charge >= 0.3 is 103 Å². The molecule has 1 atom stereocenters. The van der Waals surface area contributed by atoms with E-state index in [2.05, 4.69) is 6.92 Å². The van der Waals surface area contributed by atoms with Crippen LogP contribution in [0.15, 0.2) is 12.2 Å². The van der Waals surface area contributed by atoms with E-state index in [1.807, 2.05) is 6.08 Å². The van der Waals surface area contributed by atoms with Crippen LogP contribution in [0.1, 0.15) is 84.0 Å². The van der Waals surface area contributed by atoms with Crippen molar-refractivity contribution in [3.63, 3.8) is 0 Å². The predicted molar refractivity (Wildman–Crippen MR) is 83.7 cm³/mol. The summed E-state index contributed by atoms with van der Waals surface area (Å²) in [4.78, 5) is 21.1. The van der Waals surface area contributed by atoms with Crippen molar-refractivity contribution >= 4 is 11.9 Å². The Hall–Kier alpha value is 1.95. The van der Waals surface area contributed by atoms with Crippen molar-refractivity contribution in [2.45, 2.75) is 84.0 Å². The Morgan fingerprint density at radius 2 is 1.33 bits per heavy atom. The molecule has 1 unspecified atom stereocenters. The molecule has 6 heteroatoms. The molecule has 24 heavy (non-hydrogen) atoms. The summed E-state index contributed by atoms with van der Waals surface area (Å²) in [5.74, 6) is -3.65. The molecule has 0 aromatic rings. The van der Waals surface area contributed by atoms with E-state index in [4.69, 9.17) is 0 Å². The van der Waals surface area contributed by atoms with Crippen molar-refractivity contribution in [3.8, 4) is 0 Å². The van der Waals surface area contributed by atoms with Gasteiger partial charge in [0, 0.05) is 17.9 Å². The van der Waals surface area contributed by atoms with E-state index in [1.54, 1.807) is 6.08 Å². The number of hydrogen-bond donors (Lipinski definition) is 0. The largest absolute Gasteiger partial charge is 1.00 e. The molecule has 0 saturated carbocycles. The number of rotatable bonds is 15. The van der Waals surface area contributed by atoms with Gasteiger partial charge in [0.2, 0.25) is 0 Å². The standard InChI is InChI=1S/C18H32O4.2K/c1-2-3-4-5-6-7-8-9-10-11-12-13-14-16(18(21)22)15-17(19)20;;/h12-13,16H,2-11,14-15H2,1H3,(H,19,20)(H,21,22);;/q;2*+1/p-2. The average Bonchev–Trinajstić information content (AvgIpc) is 2.46. The molecule has 0 spiro atoms. The molecule has 0 amide bonds. The Morgan fingerprint density at radius 1 is 0.833 bits per heavy atom. The number of carboxylic acids is 2. The second kappa shape index (κ2) is 23.0. The number of unbranched alkanes of at least 4 members (excludes halogenated alkanes) is 9. The Labute approximate surface area is 232 Å². The fraction of sp³-hybridized carbons (Fsp3) is 0.778. The van der Waals surface area contributed by atoms with Crippen LogP contribution in [0.3, 0.4) is 0 Å². The van der Waals surface area contributed by atoms with Crippen LogP contribution in [0.4, 0.5) is 0 Å². The van der Waals surface area contributed by atoms with Gasteiger partial charge in [0.25, 0.3) is 0 Å². The van der Waals surface area contributed by atoms with Crippen LogP contribution in [0.5, 0.6) is 0 Å². The van der Waals surface area contributed by atoms with E-state index >= 15 is 0 Å². The Kier molecular flexibility index (Phi) is 29.4. The first-order valence-electron chi connectivity index (χ1n) is 8.63. The van der Waals surface area contributed by atoms with Gasteiger partial charge < -0.3 is 19.8 Å². The van der Waals surface area contributed by atoms with Crippen LogP contribution in [0.2, 0.25) is 0 Å². The smallest absolute Gasteiger partial charge is 0.550 e. The topological polar surface area (TPSA) is 80.3 Å². The number of aliphatic carboxylic acids is 2. The summed E-state index contributed by atoms with van der Waals surface area (Å²) in [6.07, 6.45) is 15.8. The maximum atomic E-state index is 10.7. The SMILES string of the molecule is CCCCCCCCCCCC=CCC(CC(=O)[O-])C(=O)[O-].[K+].[K+]. The zero-order valence-corrected chi connectivity index (χ0v) is 22.1. The first-order valence-corrected chi connectivity index (χ1v) is 8.63. The zero-order valence-electron chi connectivity index (χ0n) is 15.9. The van der Waals surface area contributed by atoms with Gasteiger partial charge in [-0.05, 0) is 25.7 Å². The molecule has 0 aliphatic heterocycles. The van der Waals surface area contributed by atoms with Crippen LogP contribution in [0, 0.1) is 5.92 Å². The minimum atomic E-state index is -1.35. The van der Waals surface area contributed by atoms with Crippen molar-refractivity contribution in [2.75, 3.05) is 0 Å². The molecule has 0 N–H and O–H groups in total. The zero-order chi connectivity index (χ0) is 16.6. The molecule has 0 aromatic heterocycles. The second-order valence-electron chi connectivity index (χ2n) is 5.92. The van der Waals surface area contributed by atoms with Crippen molar-refractivity contribution in [1.82, 2.24) is 0 Å².